The predicted octanol–water partition coefficient (Wildman–Crippen LogP) is 1.74. The van der Waals surface area contributed by atoms with Gasteiger partial charge in [0.2, 0.25) is 0 Å². The van der Waals surface area contributed by atoms with E-state index in [1.54, 1.807) is 18.2 Å². The molecule has 114 valence electrons. The van der Waals surface area contributed by atoms with Gasteiger partial charge in [-0.15, -0.1) is 0 Å². The molecule has 0 radical (unpaired) electrons. The summed E-state index contributed by atoms with van der Waals surface area (Å²) in [6.07, 6.45) is 3.30. The van der Waals surface area contributed by atoms with Crippen LogP contribution in [0.4, 0.5) is 4.39 Å². The Morgan fingerprint density at radius 3 is 2.59 bits per heavy atom. The first-order chi connectivity index (χ1) is 10.7. The van der Waals surface area contributed by atoms with Crippen LogP contribution in [0.15, 0.2) is 48.8 Å². The molecule has 22 heavy (non-hydrogen) atoms. The zero-order valence-corrected chi connectivity index (χ0v) is 11.8. The summed E-state index contributed by atoms with van der Waals surface area (Å²) in [5.74, 6) is -1.33. The summed E-state index contributed by atoms with van der Waals surface area (Å²) >= 11 is 0. The highest BCUT2D eigenvalue weighted by Crippen LogP contribution is 2.06. The zero-order valence-electron chi connectivity index (χ0n) is 11.8. The summed E-state index contributed by atoms with van der Waals surface area (Å²) in [4.78, 5) is 27.0. The number of hydrogen-bond acceptors (Lipinski definition) is 4. The molecule has 0 saturated heterocycles. The minimum atomic E-state index is -0.591. The summed E-state index contributed by atoms with van der Waals surface area (Å²) < 4.78 is 18.2. The smallest absolute Gasteiger partial charge is 0.338 e. The molecule has 0 bridgehead atoms. The predicted molar refractivity (Wildman–Crippen MR) is 77.6 cm³/mol. The lowest BCUT2D eigenvalue weighted by atomic mass is 10.1. The average molecular weight is 302 g/mol. The van der Waals surface area contributed by atoms with E-state index in [1.165, 1.54) is 30.6 Å². The summed E-state index contributed by atoms with van der Waals surface area (Å²) in [5.41, 5.74) is 0.853. The third-order valence-electron chi connectivity index (χ3n) is 2.92. The minimum absolute atomic E-state index is 0.270. The third kappa shape index (κ3) is 4.66. The van der Waals surface area contributed by atoms with Gasteiger partial charge in [-0.25, -0.2) is 9.18 Å². The molecule has 5 nitrogen and oxygen atoms in total. The van der Waals surface area contributed by atoms with Crippen LogP contribution in [0, 0.1) is 5.82 Å². The maximum absolute atomic E-state index is 13.4. The minimum Gasteiger partial charge on any atom is -0.452 e. The number of nitrogens with zero attached hydrogens (tertiary/aromatic N) is 1. The molecular weight excluding hydrogens is 287 g/mol. The van der Waals surface area contributed by atoms with E-state index in [-0.39, 0.29) is 19.0 Å². The average Bonchev–Trinajstić information content (AvgIpc) is 2.55. The Kier molecular flexibility index (Phi) is 5.59. The molecule has 0 saturated carbocycles. The fourth-order valence-corrected chi connectivity index (χ4v) is 1.79. The van der Waals surface area contributed by atoms with Gasteiger partial charge in [-0.05, 0) is 30.2 Å². The highest BCUT2D eigenvalue weighted by atomic mass is 19.1. The maximum Gasteiger partial charge on any atom is 0.338 e. The van der Waals surface area contributed by atoms with Gasteiger partial charge in [0, 0.05) is 18.9 Å². The highest BCUT2D eigenvalue weighted by Gasteiger charge is 2.09. The molecular formula is C16H15FN2O3. The van der Waals surface area contributed by atoms with E-state index in [1.807, 2.05) is 0 Å². The molecule has 2 rings (SSSR count). The maximum atomic E-state index is 13.4. The van der Waals surface area contributed by atoms with E-state index < -0.39 is 11.9 Å². The van der Waals surface area contributed by atoms with E-state index in [9.17, 15) is 14.0 Å². The first kappa shape index (κ1) is 15.6. The van der Waals surface area contributed by atoms with Crippen LogP contribution in [0.2, 0.25) is 0 Å². The van der Waals surface area contributed by atoms with Gasteiger partial charge in [0.05, 0.1) is 5.56 Å². The molecule has 0 aliphatic rings. The van der Waals surface area contributed by atoms with Crippen LogP contribution in [-0.2, 0) is 16.0 Å². The molecule has 1 heterocycles. The molecule has 1 N–H and O–H groups in total. The second kappa shape index (κ2) is 7.87. The van der Waals surface area contributed by atoms with Crippen LogP contribution >= 0.6 is 0 Å². The SMILES string of the molecule is O=C(COC(=O)c1ccncc1)NCCc1ccccc1F. The first-order valence-corrected chi connectivity index (χ1v) is 6.74. The number of carbonyl (C=O) groups is 2. The lowest BCUT2D eigenvalue weighted by Gasteiger charge is -2.07. The lowest BCUT2D eigenvalue weighted by molar-refractivity contribution is -0.124. The van der Waals surface area contributed by atoms with Crippen molar-refractivity contribution in [3.63, 3.8) is 0 Å². The lowest BCUT2D eigenvalue weighted by Crippen LogP contribution is -2.30. The van der Waals surface area contributed by atoms with Gasteiger partial charge < -0.3 is 10.1 Å². The third-order valence-corrected chi connectivity index (χ3v) is 2.92. The highest BCUT2D eigenvalue weighted by molar-refractivity contribution is 5.91. The number of rotatable bonds is 6. The monoisotopic (exact) mass is 302 g/mol. The van der Waals surface area contributed by atoms with Crippen LogP contribution in [0.1, 0.15) is 15.9 Å². The van der Waals surface area contributed by atoms with Crippen molar-refractivity contribution in [3.05, 3.63) is 65.7 Å². The van der Waals surface area contributed by atoms with Crippen molar-refractivity contribution < 1.29 is 18.7 Å². The van der Waals surface area contributed by atoms with Gasteiger partial charge >= 0.3 is 5.97 Å². The molecule has 2 aromatic rings. The van der Waals surface area contributed by atoms with Gasteiger partial charge in [-0.3, -0.25) is 9.78 Å². The second-order valence-corrected chi connectivity index (χ2v) is 4.50. The molecule has 0 spiro atoms. The normalized spacial score (nSPS) is 10.0. The van der Waals surface area contributed by atoms with Crippen molar-refractivity contribution in [2.45, 2.75) is 6.42 Å². The number of esters is 1. The van der Waals surface area contributed by atoms with E-state index in [2.05, 4.69) is 10.3 Å². The number of nitrogens with one attached hydrogen (secondary N) is 1. The van der Waals surface area contributed by atoms with Crippen molar-refractivity contribution in [2.24, 2.45) is 0 Å². The van der Waals surface area contributed by atoms with Crippen LogP contribution in [0.5, 0.6) is 0 Å². The Labute approximate surface area is 127 Å². The molecule has 1 amide bonds. The first-order valence-electron chi connectivity index (χ1n) is 6.74. The Hall–Kier alpha value is -2.76. The fourth-order valence-electron chi connectivity index (χ4n) is 1.79. The summed E-state index contributed by atoms with van der Waals surface area (Å²) in [6.45, 7) is -0.106. The fraction of sp³-hybridized carbons (Fsp3) is 0.188. The number of ether oxygens (including phenoxy) is 1. The van der Waals surface area contributed by atoms with Gasteiger partial charge in [0.15, 0.2) is 6.61 Å². The number of hydrogen-bond donors (Lipinski definition) is 1. The Morgan fingerprint density at radius 1 is 1.14 bits per heavy atom. The van der Waals surface area contributed by atoms with Crippen LogP contribution in [0.3, 0.4) is 0 Å². The molecule has 0 atom stereocenters. The van der Waals surface area contributed by atoms with Crippen molar-refractivity contribution in [3.8, 4) is 0 Å². The summed E-state index contributed by atoms with van der Waals surface area (Å²) in [6, 6.07) is 9.36. The number of pyridine rings is 1. The van der Waals surface area contributed by atoms with Gasteiger partial charge in [-0.1, -0.05) is 18.2 Å². The Balaban J connectivity index is 1.70. The van der Waals surface area contributed by atoms with Crippen LogP contribution < -0.4 is 5.32 Å². The molecule has 0 aliphatic carbocycles. The van der Waals surface area contributed by atoms with Gasteiger partial charge in [0.25, 0.3) is 5.91 Å². The molecule has 0 unspecified atom stereocenters. The molecule has 6 heteroatoms. The topological polar surface area (TPSA) is 68.3 Å². The number of amides is 1. The molecule has 0 aliphatic heterocycles. The standard InChI is InChI=1S/C16H15FN2O3/c17-14-4-2-1-3-12(14)7-10-19-15(20)11-22-16(21)13-5-8-18-9-6-13/h1-6,8-9H,7,10-11H2,(H,19,20). The van der Waals surface area contributed by atoms with Crippen LogP contribution in [0.25, 0.3) is 0 Å². The Morgan fingerprint density at radius 2 is 1.86 bits per heavy atom. The van der Waals surface area contributed by atoms with E-state index in [0.29, 0.717) is 17.5 Å². The number of carbonyl (C=O) groups excluding carboxylic acids is 2. The second-order valence-electron chi connectivity index (χ2n) is 4.50. The van der Waals surface area contributed by atoms with E-state index in [4.69, 9.17) is 4.74 Å². The Bertz CT molecular complexity index is 647. The number of aromatic nitrogens is 1. The molecule has 0 fully saturated rings. The van der Waals surface area contributed by atoms with E-state index >= 15 is 0 Å². The van der Waals surface area contributed by atoms with Crippen molar-refractivity contribution >= 4 is 11.9 Å². The number of halogens is 1. The largest absolute Gasteiger partial charge is 0.452 e. The zero-order chi connectivity index (χ0) is 15.8. The van der Waals surface area contributed by atoms with Gasteiger partial charge in [-0.2, -0.15) is 0 Å². The van der Waals surface area contributed by atoms with Crippen molar-refractivity contribution in [2.75, 3.05) is 13.2 Å². The van der Waals surface area contributed by atoms with Crippen molar-refractivity contribution in [1.82, 2.24) is 10.3 Å². The van der Waals surface area contributed by atoms with E-state index in [0.717, 1.165) is 0 Å². The quantitative estimate of drug-likeness (QED) is 0.825. The van der Waals surface area contributed by atoms with Crippen molar-refractivity contribution in [1.29, 1.82) is 0 Å². The van der Waals surface area contributed by atoms with Gasteiger partial charge in [0.1, 0.15) is 5.82 Å². The number of benzene rings is 1. The summed E-state index contributed by atoms with van der Waals surface area (Å²) in [5, 5.41) is 2.57. The van der Waals surface area contributed by atoms with Crippen LogP contribution in [-0.4, -0.2) is 30.0 Å². The molecule has 1 aromatic carbocycles. The molecule has 1 aromatic heterocycles. The summed E-state index contributed by atoms with van der Waals surface area (Å²) in [7, 11) is 0.